The molecule has 4 heteroatoms. The Bertz CT molecular complexity index is 950. The number of fused-ring (bicyclic) bond motifs is 2. The summed E-state index contributed by atoms with van der Waals surface area (Å²) >= 11 is 0. The molecule has 0 amide bonds. The van der Waals surface area contributed by atoms with Crippen LogP contribution in [0.3, 0.4) is 0 Å². The molecule has 0 saturated heterocycles. The van der Waals surface area contributed by atoms with E-state index >= 15 is 0 Å². The predicted octanol–water partition coefficient (Wildman–Crippen LogP) is 4.78. The lowest BCUT2D eigenvalue weighted by Gasteiger charge is -2.16. The Hall–Kier alpha value is -2.75. The van der Waals surface area contributed by atoms with E-state index in [1.54, 1.807) is 19.1 Å². The van der Waals surface area contributed by atoms with Crippen molar-refractivity contribution >= 4 is 16.9 Å². The summed E-state index contributed by atoms with van der Waals surface area (Å²) in [4.78, 5) is 17.6. The number of hydrogen-bond donors (Lipinski definition) is 0. The van der Waals surface area contributed by atoms with Crippen LogP contribution in [0.5, 0.6) is 0 Å². The van der Waals surface area contributed by atoms with Gasteiger partial charge in [0.2, 0.25) is 0 Å². The quantitative estimate of drug-likeness (QED) is 0.647. The number of ether oxygens (including phenoxy) is 1. The average molecular weight is 335 g/mol. The lowest BCUT2D eigenvalue weighted by atomic mass is 10.0. The maximum absolute atomic E-state index is 13.1. The summed E-state index contributed by atoms with van der Waals surface area (Å²) in [6.45, 7) is 1.80. The van der Waals surface area contributed by atoms with E-state index in [0.717, 1.165) is 47.0 Å². The zero-order valence-corrected chi connectivity index (χ0v) is 14.0. The fourth-order valence-electron chi connectivity index (χ4n) is 3.47. The molecule has 3 aromatic rings. The van der Waals surface area contributed by atoms with Crippen molar-refractivity contribution in [1.29, 1.82) is 0 Å². The van der Waals surface area contributed by atoms with Crippen LogP contribution in [0.4, 0.5) is 4.39 Å². The standard InChI is InChI=1S/C21H18FNO2/c1-13(14-9-11-15(22)12-10-14)25-21(24)20-16-5-2-3-7-18(16)23-19-8-4-6-17(19)20/h2-3,5,7,9-13H,4,6,8H2,1H3. The molecule has 1 heterocycles. The van der Waals surface area contributed by atoms with Crippen LogP contribution in [0.15, 0.2) is 48.5 Å². The van der Waals surface area contributed by atoms with Crippen LogP contribution in [0.25, 0.3) is 10.9 Å². The SMILES string of the molecule is CC(OC(=O)c1c2c(nc3ccccc13)CCC2)c1ccc(F)cc1. The summed E-state index contributed by atoms with van der Waals surface area (Å²) < 4.78 is 18.8. The summed E-state index contributed by atoms with van der Waals surface area (Å²) in [5.74, 6) is -0.645. The van der Waals surface area contributed by atoms with Crippen LogP contribution >= 0.6 is 0 Å². The molecule has 2 aromatic carbocycles. The fraction of sp³-hybridized carbons (Fsp3) is 0.238. The summed E-state index contributed by atoms with van der Waals surface area (Å²) in [6.07, 6.45) is 2.31. The molecule has 1 aliphatic rings. The highest BCUT2D eigenvalue weighted by molar-refractivity contribution is 6.05. The van der Waals surface area contributed by atoms with E-state index in [1.807, 2.05) is 24.3 Å². The van der Waals surface area contributed by atoms with Gasteiger partial charge in [-0.3, -0.25) is 4.98 Å². The Morgan fingerprint density at radius 1 is 1.12 bits per heavy atom. The van der Waals surface area contributed by atoms with Crippen LogP contribution in [0, 0.1) is 5.82 Å². The number of hydrogen-bond acceptors (Lipinski definition) is 3. The second kappa shape index (κ2) is 6.28. The van der Waals surface area contributed by atoms with Gasteiger partial charge in [0.05, 0.1) is 11.1 Å². The largest absolute Gasteiger partial charge is 0.454 e. The molecule has 0 aliphatic heterocycles. The second-order valence-corrected chi connectivity index (χ2v) is 6.38. The zero-order valence-electron chi connectivity index (χ0n) is 14.0. The first-order valence-electron chi connectivity index (χ1n) is 8.50. The summed E-state index contributed by atoms with van der Waals surface area (Å²) in [5.41, 5.74) is 4.23. The molecule has 25 heavy (non-hydrogen) atoms. The minimum atomic E-state index is -0.447. The van der Waals surface area contributed by atoms with Crippen molar-refractivity contribution in [3.8, 4) is 0 Å². The highest BCUT2D eigenvalue weighted by atomic mass is 19.1. The van der Waals surface area contributed by atoms with Crippen molar-refractivity contribution in [3.05, 3.63) is 76.7 Å². The van der Waals surface area contributed by atoms with E-state index in [9.17, 15) is 9.18 Å². The first-order chi connectivity index (χ1) is 12.1. The van der Waals surface area contributed by atoms with Crippen molar-refractivity contribution in [2.45, 2.75) is 32.3 Å². The third-order valence-corrected chi connectivity index (χ3v) is 4.75. The molecule has 1 unspecified atom stereocenters. The molecule has 4 rings (SSSR count). The third kappa shape index (κ3) is 2.88. The second-order valence-electron chi connectivity index (χ2n) is 6.38. The van der Waals surface area contributed by atoms with Gasteiger partial charge in [-0.05, 0) is 55.5 Å². The molecule has 1 atom stereocenters. The number of carbonyl (C=O) groups is 1. The Morgan fingerprint density at radius 3 is 2.68 bits per heavy atom. The minimum Gasteiger partial charge on any atom is -0.454 e. The van der Waals surface area contributed by atoms with Gasteiger partial charge in [0.25, 0.3) is 0 Å². The number of pyridine rings is 1. The molecule has 1 aliphatic carbocycles. The van der Waals surface area contributed by atoms with E-state index in [0.29, 0.717) is 5.56 Å². The molecule has 3 nitrogen and oxygen atoms in total. The number of nitrogens with zero attached hydrogens (tertiary/aromatic N) is 1. The van der Waals surface area contributed by atoms with E-state index in [4.69, 9.17) is 9.72 Å². The number of rotatable bonds is 3. The lowest BCUT2D eigenvalue weighted by Crippen LogP contribution is -2.13. The van der Waals surface area contributed by atoms with Crippen LogP contribution in [0.1, 0.15) is 46.6 Å². The number of esters is 1. The van der Waals surface area contributed by atoms with Gasteiger partial charge < -0.3 is 4.74 Å². The van der Waals surface area contributed by atoms with E-state index in [-0.39, 0.29) is 11.8 Å². The first kappa shape index (κ1) is 15.8. The van der Waals surface area contributed by atoms with Gasteiger partial charge in [0.1, 0.15) is 11.9 Å². The van der Waals surface area contributed by atoms with Crippen LogP contribution in [-0.2, 0) is 17.6 Å². The summed E-state index contributed by atoms with van der Waals surface area (Å²) in [5, 5.41) is 0.833. The Balaban J connectivity index is 1.71. The topological polar surface area (TPSA) is 39.2 Å². The smallest absolute Gasteiger partial charge is 0.339 e. The van der Waals surface area contributed by atoms with E-state index in [1.165, 1.54) is 12.1 Å². The van der Waals surface area contributed by atoms with Crippen molar-refractivity contribution in [2.75, 3.05) is 0 Å². The zero-order chi connectivity index (χ0) is 17.4. The maximum Gasteiger partial charge on any atom is 0.339 e. The highest BCUT2D eigenvalue weighted by Crippen LogP contribution is 2.31. The van der Waals surface area contributed by atoms with Crippen molar-refractivity contribution < 1.29 is 13.9 Å². The monoisotopic (exact) mass is 335 g/mol. The van der Waals surface area contributed by atoms with Gasteiger partial charge in [-0.15, -0.1) is 0 Å². The van der Waals surface area contributed by atoms with Crippen LogP contribution < -0.4 is 0 Å². The average Bonchev–Trinajstić information content (AvgIpc) is 3.07. The molecular weight excluding hydrogens is 317 g/mol. The first-order valence-corrected chi connectivity index (χ1v) is 8.50. The maximum atomic E-state index is 13.1. The van der Waals surface area contributed by atoms with Crippen LogP contribution in [0.2, 0.25) is 0 Å². The van der Waals surface area contributed by atoms with E-state index < -0.39 is 6.10 Å². The third-order valence-electron chi connectivity index (χ3n) is 4.75. The molecular formula is C21H18FNO2. The molecule has 0 saturated carbocycles. The minimum absolute atomic E-state index is 0.305. The van der Waals surface area contributed by atoms with Gasteiger partial charge in [-0.1, -0.05) is 30.3 Å². The number of aryl methyl sites for hydroxylation is 1. The molecule has 0 bridgehead atoms. The highest BCUT2D eigenvalue weighted by Gasteiger charge is 2.25. The fourth-order valence-corrected chi connectivity index (χ4v) is 3.47. The molecule has 1 aromatic heterocycles. The number of halogens is 1. The molecule has 0 radical (unpaired) electrons. The number of aromatic nitrogens is 1. The Morgan fingerprint density at radius 2 is 1.88 bits per heavy atom. The Labute approximate surface area is 145 Å². The summed E-state index contributed by atoms with van der Waals surface area (Å²) in [6, 6.07) is 13.7. The van der Waals surface area contributed by atoms with Gasteiger partial charge in [-0.2, -0.15) is 0 Å². The summed E-state index contributed by atoms with van der Waals surface area (Å²) in [7, 11) is 0. The molecule has 0 fully saturated rings. The normalized spacial score (nSPS) is 14.3. The number of benzene rings is 2. The van der Waals surface area contributed by atoms with Crippen LogP contribution in [-0.4, -0.2) is 11.0 Å². The van der Waals surface area contributed by atoms with Gasteiger partial charge in [-0.25, -0.2) is 9.18 Å². The lowest BCUT2D eigenvalue weighted by molar-refractivity contribution is 0.0339. The van der Waals surface area contributed by atoms with Gasteiger partial charge >= 0.3 is 5.97 Å². The Kier molecular flexibility index (Phi) is 3.96. The predicted molar refractivity (Wildman–Crippen MR) is 94.0 cm³/mol. The number of carbonyl (C=O) groups excluding carboxylic acids is 1. The van der Waals surface area contributed by atoms with Gasteiger partial charge in [0, 0.05) is 11.1 Å². The van der Waals surface area contributed by atoms with Gasteiger partial charge in [0.15, 0.2) is 0 Å². The molecule has 0 N–H and O–H groups in total. The number of para-hydroxylation sites is 1. The van der Waals surface area contributed by atoms with E-state index in [2.05, 4.69) is 0 Å². The van der Waals surface area contributed by atoms with Crippen molar-refractivity contribution in [1.82, 2.24) is 4.98 Å². The van der Waals surface area contributed by atoms with Crippen molar-refractivity contribution in [2.24, 2.45) is 0 Å². The van der Waals surface area contributed by atoms with Crippen molar-refractivity contribution in [3.63, 3.8) is 0 Å². The molecule has 126 valence electrons. The molecule has 0 spiro atoms.